The van der Waals surface area contributed by atoms with Crippen molar-refractivity contribution < 1.29 is 13.7 Å². The first-order valence-corrected chi connectivity index (χ1v) is 9.22. The van der Waals surface area contributed by atoms with Crippen molar-refractivity contribution in [1.29, 1.82) is 0 Å². The van der Waals surface area contributed by atoms with E-state index in [1.54, 1.807) is 18.4 Å². The SMILES string of the molecule is O=C(CCc1nc(-c2ccco2)no1)N1CCN(c2ccccc2Cl)CC1. The fraction of sp³-hybridized carbons (Fsp3) is 0.316. The van der Waals surface area contributed by atoms with E-state index in [9.17, 15) is 4.79 Å². The number of nitrogens with zero attached hydrogens (tertiary/aromatic N) is 4. The molecule has 0 aliphatic carbocycles. The Morgan fingerprint density at radius 2 is 1.93 bits per heavy atom. The Kier molecular flexibility index (Phi) is 5.11. The minimum absolute atomic E-state index is 0.0894. The van der Waals surface area contributed by atoms with Gasteiger partial charge in [0.05, 0.1) is 17.0 Å². The average molecular weight is 387 g/mol. The molecule has 0 unspecified atom stereocenters. The second-order valence-corrected chi connectivity index (χ2v) is 6.72. The zero-order valence-electron chi connectivity index (χ0n) is 14.7. The molecule has 3 aromatic rings. The zero-order valence-corrected chi connectivity index (χ0v) is 15.4. The first-order chi connectivity index (χ1) is 13.2. The number of hydrogen-bond acceptors (Lipinski definition) is 6. The Morgan fingerprint density at radius 1 is 1.11 bits per heavy atom. The minimum atomic E-state index is 0.0894. The van der Waals surface area contributed by atoms with Gasteiger partial charge in [0, 0.05) is 39.0 Å². The number of furan rings is 1. The molecule has 0 saturated carbocycles. The number of halogens is 1. The third kappa shape index (κ3) is 3.98. The molecule has 1 aromatic carbocycles. The number of rotatable bonds is 5. The minimum Gasteiger partial charge on any atom is -0.461 e. The van der Waals surface area contributed by atoms with Crippen molar-refractivity contribution in [3.05, 3.63) is 53.6 Å². The monoisotopic (exact) mass is 386 g/mol. The molecule has 0 N–H and O–H groups in total. The molecular formula is C19H19ClN4O3. The van der Waals surface area contributed by atoms with Crippen LogP contribution < -0.4 is 4.90 Å². The molecule has 0 atom stereocenters. The summed E-state index contributed by atoms with van der Waals surface area (Å²) in [6.07, 6.45) is 2.31. The van der Waals surface area contributed by atoms with Crippen LogP contribution in [0.15, 0.2) is 51.6 Å². The molecule has 2 aromatic heterocycles. The van der Waals surface area contributed by atoms with Crippen LogP contribution in [0.3, 0.4) is 0 Å². The molecule has 27 heavy (non-hydrogen) atoms. The first kappa shape index (κ1) is 17.6. The molecule has 0 bridgehead atoms. The lowest BCUT2D eigenvalue weighted by Gasteiger charge is -2.36. The van der Waals surface area contributed by atoms with Crippen molar-refractivity contribution in [1.82, 2.24) is 15.0 Å². The van der Waals surface area contributed by atoms with Gasteiger partial charge in [-0.05, 0) is 24.3 Å². The molecule has 3 heterocycles. The number of benzene rings is 1. The third-order valence-corrected chi connectivity index (χ3v) is 4.91. The molecule has 8 heteroatoms. The maximum Gasteiger partial charge on any atom is 0.238 e. The van der Waals surface area contributed by atoms with Gasteiger partial charge in [0.25, 0.3) is 0 Å². The standard InChI is InChI=1S/C19H19ClN4O3/c20-14-4-1-2-5-15(14)23-9-11-24(12-10-23)18(25)8-7-17-21-19(22-27-17)16-6-3-13-26-16/h1-6,13H,7-12H2. The van der Waals surface area contributed by atoms with Gasteiger partial charge in [-0.15, -0.1) is 0 Å². The van der Waals surface area contributed by atoms with Gasteiger partial charge >= 0.3 is 0 Å². The van der Waals surface area contributed by atoms with Gasteiger partial charge in [0.1, 0.15) is 0 Å². The van der Waals surface area contributed by atoms with E-state index in [2.05, 4.69) is 15.0 Å². The van der Waals surface area contributed by atoms with Crippen LogP contribution in [0.1, 0.15) is 12.3 Å². The normalized spacial score (nSPS) is 14.6. The van der Waals surface area contributed by atoms with E-state index in [-0.39, 0.29) is 5.91 Å². The Labute approximate surface area is 161 Å². The summed E-state index contributed by atoms with van der Waals surface area (Å²) < 4.78 is 10.4. The van der Waals surface area contributed by atoms with Crippen molar-refractivity contribution in [2.75, 3.05) is 31.1 Å². The average Bonchev–Trinajstić information content (AvgIpc) is 3.38. The van der Waals surface area contributed by atoms with E-state index in [1.165, 1.54) is 0 Å². The fourth-order valence-electron chi connectivity index (χ4n) is 3.14. The highest BCUT2D eigenvalue weighted by atomic mass is 35.5. The Bertz CT molecular complexity index is 901. The highest BCUT2D eigenvalue weighted by Crippen LogP contribution is 2.26. The molecule has 1 amide bonds. The summed E-state index contributed by atoms with van der Waals surface area (Å²) in [5.74, 6) is 1.47. The number of carbonyl (C=O) groups excluding carboxylic acids is 1. The van der Waals surface area contributed by atoms with Gasteiger partial charge in [-0.2, -0.15) is 4.98 Å². The summed E-state index contributed by atoms with van der Waals surface area (Å²) in [5, 5.41) is 4.61. The number of amides is 1. The van der Waals surface area contributed by atoms with Crippen LogP contribution in [-0.4, -0.2) is 47.1 Å². The number of aromatic nitrogens is 2. The molecule has 7 nitrogen and oxygen atoms in total. The number of para-hydroxylation sites is 1. The van der Waals surface area contributed by atoms with Gasteiger partial charge in [-0.25, -0.2) is 0 Å². The van der Waals surface area contributed by atoms with E-state index in [1.807, 2.05) is 29.2 Å². The lowest BCUT2D eigenvalue weighted by molar-refractivity contribution is -0.131. The predicted molar refractivity (Wildman–Crippen MR) is 101 cm³/mol. The summed E-state index contributed by atoms with van der Waals surface area (Å²) in [6, 6.07) is 11.3. The smallest absolute Gasteiger partial charge is 0.238 e. The second kappa shape index (κ2) is 7.84. The molecule has 0 spiro atoms. The molecule has 4 rings (SSSR count). The van der Waals surface area contributed by atoms with Crippen molar-refractivity contribution in [3.63, 3.8) is 0 Å². The van der Waals surface area contributed by atoms with E-state index in [0.717, 1.165) is 23.8 Å². The predicted octanol–water partition coefficient (Wildman–Crippen LogP) is 3.26. The number of hydrogen-bond donors (Lipinski definition) is 0. The van der Waals surface area contributed by atoms with Gasteiger partial charge in [0.2, 0.25) is 17.6 Å². The van der Waals surface area contributed by atoms with Gasteiger partial charge in [-0.3, -0.25) is 4.79 Å². The lowest BCUT2D eigenvalue weighted by Crippen LogP contribution is -2.48. The summed E-state index contributed by atoms with van der Waals surface area (Å²) in [5.41, 5.74) is 1.02. The molecule has 1 saturated heterocycles. The third-order valence-electron chi connectivity index (χ3n) is 4.59. The summed E-state index contributed by atoms with van der Waals surface area (Å²) in [6.45, 7) is 2.87. The summed E-state index contributed by atoms with van der Waals surface area (Å²) >= 11 is 6.26. The quantitative estimate of drug-likeness (QED) is 0.670. The van der Waals surface area contributed by atoms with Crippen molar-refractivity contribution >= 4 is 23.2 Å². The van der Waals surface area contributed by atoms with E-state index in [4.69, 9.17) is 20.5 Å². The molecule has 1 fully saturated rings. The first-order valence-electron chi connectivity index (χ1n) is 8.84. The number of carbonyl (C=O) groups is 1. The fourth-order valence-corrected chi connectivity index (χ4v) is 3.39. The highest BCUT2D eigenvalue weighted by Gasteiger charge is 2.22. The topological polar surface area (TPSA) is 75.6 Å². The van der Waals surface area contributed by atoms with Crippen LogP contribution in [0.4, 0.5) is 5.69 Å². The second-order valence-electron chi connectivity index (χ2n) is 6.31. The highest BCUT2D eigenvalue weighted by molar-refractivity contribution is 6.33. The van der Waals surface area contributed by atoms with Crippen molar-refractivity contribution in [2.24, 2.45) is 0 Å². The van der Waals surface area contributed by atoms with Crippen LogP contribution in [-0.2, 0) is 11.2 Å². The summed E-state index contributed by atoms with van der Waals surface area (Å²) in [7, 11) is 0. The molecule has 1 aliphatic rings. The Morgan fingerprint density at radius 3 is 2.67 bits per heavy atom. The molecule has 0 radical (unpaired) electrons. The van der Waals surface area contributed by atoms with Crippen LogP contribution in [0.25, 0.3) is 11.6 Å². The van der Waals surface area contributed by atoms with Crippen LogP contribution in [0, 0.1) is 0 Å². The number of aryl methyl sites for hydroxylation is 1. The maximum atomic E-state index is 12.5. The molecular weight excluding hydrogens is 368 g/mol. The van der Waals surface area contributed by atoms with Gasteiger partial charge < -0.3 is 18.7 Å². The zero-order chi connectivity index (χ0) is 18.6. The number of anilines is 1. The van der Waals surface area contributed by atoms with Crippen LogP contribution >= 0.6 is 11.6 Å². The van der Waals surface area contributed by atoms with Crippen molar-refractivity contribution in [2.45, 2.75) is 12.8 Å². The van der Waals surface area contributed by atoms with Crippen LogP contribution in [0.2, 0.25) is 5.02 Å². The van der Waals surface area contributed by atoms with E-state index in [0.29, 0.717) is 43.4 Å². The summed E-state index contributed by atoms with van der Waals surface area (Å²) in [4.78, 5) is 20.8. The molecule has 140 valence electrons. The largest absolute Gasteiger partial charge is 0.461 e. The lowest BCUT2D eigenvalue weighted by atomic mass is 10.2. The molecule has 1 aliphatic heterocycles. The Balaban J connectivity index is 1.28. The van der Waals surface area contributed by atoms with Gasteiger partial charge in [-0.1, -0.05) is 28.9 Å². The van der Waals surface area contributed by atoms with Gasteiger partial charge in [0.15, 0.2) is 5.76 Å². The van der Waals surface area contributed by atoms with Crippen LogP contribution in [0.5, 0.6) is 0 Å². The maximum absolute atomic E-state index is 12.5. The van der Waals surface area contributed by atoms with Crippen molar-refractivity contribution in [3.8, 4) is 11.6 Å². The van der Waals surface area contributed by atoms with E-state index < -0.39 is 0 Å². The Hall–Kier alpha value is -2.80. The number of piperazine rings is 1. The van der Waals surface area contributed by atoms with E-state index >= 15 is 0 Å².